The van der Waals surface area contributed by atoms with Crippen molar-refractivity contribution in [1.82, 2.24) is 9.55 Å². The first-order valence-corrected chi connectivity index (χ1v) is 9.05. The molecule has 0 spiro atoms. The molecule has 0 radical (unpaired) electrons. The Morgan fingerprint density at radius 3 is 2.25 bits per heavy atom. The topological polar surface area (TPSA) is 43.8 Å². The summed E-state index contributed by atoms with van der Waals surface area (Å²) < 4.78 is 2.10. The third-order valence-electron chi connectivity index (χ3n) is 4.29. The van der Waals surface area contributed by atoms with Crippen molar-refractivity contribution >= 4 is 11.8 Å². The molecule has 1 aromatic rings. The van der Waals surface area contributed by atoms with Gasteiger partial charge in [-0.2, -0.15) is 0 Å². The van der Waals surface area contributed by atoms with E-state index in [2.05, 4.69) is 16.6 Å². The fourth-order valence-corrected chi connectivity index (χ4v) is 4.15. The van der Waals surface area contributed by atoms with Gasteiger partial charge in [-0.1, -0.05) is 63.1 Å². The number of rotatable bonds is 2. The van der Waals surface area contributed by atoms with Gasteiger partial charge in [-0.05, 0) is 12.8 Å². The Morgan fingerprint density at radius 2 is 1.65 bits per heavy atom. The molecule has 0 bridgehead atoms. The van der Waals surface area contributed by atoms with Crippen LogP contribution in [0.3, 0.4) is 0 Å². The van der Waals surface area contributed by atoms with Crippen molar-refractivity contribution in [2.75, 3.05) is 0 Å². The number of aryl methyl sites for hydroxylation is 1. The van der Waals surface area contributed by atoms with Gasteiger partial charge >= 0.3 is 0 Å². The largest absolute Gasteiger partial charge is 0.329 e. The van der Waals surface area contributed by atoms with Crippen LogP contribution in [0.2, 0.25) is 0 Å². The second-order valence-corrected chi connectivity index (χ2v) is 7.25. The lowest BCUT2D eigenvalue weighted by Crippen LogP contribution is -2.32. The van der Waals surface area contributed by atoms with Crippen LogP contribution in [0.5, 0.6) is 0 Å². The molecule has 1 fully saturated rings. The second kappa shape index (κ2) is 8.73. The predicted molar refractivity (Wildman–Crippen MR) is 87.0 cm³/mol. The molecule has 2 rings (SSSR count). The van der Waals surface area contributed by atoms with Crippen LogP contribution >= 0.6 is 11.8 Å². The van der Waals surface area contributed by atoms with E-state index >= 15 is 0 Å². The van der Waals surface area contributed by atoms with Gasteiger partial charge in [0.25, 0.3) is 0 Å². The fraction of sp³-hybridized carbons (Fsp3) is 0.812. The molecule has 114 valence electrons. The number of nitrogens with zero attached hydrogens (tertiary/aromatic N) is 2. The lowest BCUT2D eigenvalue weighted by molar-refractivity contribution is 0.472. The van der Waals surface area contributed by atoms with Gasteiger partial charge < -0.3 is 10.3 Å². The molecule has 3 nitrogen and oxygen atoms in total. The van der Waals surface area contributed by atoms with Gasteiger partial charge in [0.15, 0.2) is 5.16 Å². The molecule has 1 aliphatic carbocycles. The highest BCUT2D eigenvalue weighted by atomic mass is 32.2. The first-order valence-electron chi connectivity index (χ1n) is 8.17. The third-order valence-corrected chi connectivity index (χ3v) is 5.78. The van der Waals surface area contributed by atoms with E-state index in [9.17, 15) is 0 Å². The molecule has 1 saturated carbocycles. The van der Waals surface area contributed by atoms with Gasteiger partial charge in [0.2, 0.25) is 0 Å². The van der Waals surface area contributed by atoms with Crippen molar-refractivity contribution in [2.45, 2.75) is 80.7 Å². The van der Waals surface area contributed by atoms with Gasteiger partial charge in [-0.15, -0.1) is 0 Å². The number of aromatic nitrogens is 2. The van der Waals surface area contributed by atoms with Gasteiger partial charge in [0.05, 0.1) is 0 Å². The van der Waals surface area contributed by atoms with Gasteiger partial charge in [-0.25, -0.2) is 4.98 Å². The maximum Gasteiger partial charge on any atom is 0.167 e. The van der Waals surface area contributed by atoms with E-state index in [1.807, 2.05) is 24.2 Å². The van der Waals surface area contributed by atoms with E-state index in [1.54, 1.807) is 0 Å². The number of hydrogen-bond acceptors (Lipinski definition) is 3. The molecule has 20 heavy (non-hydrogen) atoms. The zero-order chi connectivity index (χ0) is 14.2. The van der Waals surface area contributed by atoms with E-state index < -0.39 is 0 Å². The van der Waals surface area contributed by atoms with Crippen molar-refractivity contribution in [1.29, 1.82) is 0 Å². The molecule has 0 aromatic carbocycles. The molecule has 0 aliphatic heterocycles. The maximum atomic E-state index is 6.47. The van der Waals surface area contributed by atoms with Crippen LogP contribution in [0.4, 0.5) is 0 Å². The van der Waals surface area contributed by atoms with Crippen molar-refractivity contribution in [3.8, 4) is 0 Å². The van der Waals surface area contributed by atoms with Crippen molar-refractivity contribution < 1.29 is 0 Å². The summed E-state index contributed by atoms with van der Waals surface area (Å²) in [5.41, 5.74) is 6.47. The van der Waals surface area contributed by atoms with Crippen LogP contribution < -0.4 is 5.73 Å². The molecule has 1 aromatic heterocycles. The predicted octanol–water partition coefficient (Wildman–Crippen LogP) is 4.12. The zero-order valence-corrected chi connectivity index (χ0v) is 13.6. The van der Waals surface area contributed by atoms with Crippen LogP contribution in [0.1, 0.15) is 64.2 Å². The minimum absolute atomic E-state index is 0.316. The Hall–Kier alpha value is -0.480. The highest BCUT2D eigenvalue weighted by Crippen LogP contribution is 2.29. The molecule has 2 N–H and O–H groups in total. The quantitative estimate of drug-likeness (QED) is 0.892. The monoisotopic (exact) mass is 295 g/mol. The average molecular weight is 295 g/mol. The molecule has 2 atom stereocenters. The lowest BCUT2D eigenvalue weighted by Gasteiger charge is -2.23. The molecular formula is C16H29N3S. The number of hydrogen-bond donors (Lipinski definition) is 1. The highest BCUT2D eigenvalue weighted by Gasteiger charge is 2.20. The molecule has 4 heteroatoms. The van der Waals surface area contributed by atoms with Crippen LogP contribution in [-0.2, 0) is 7.05 Å². The van der Waals surface area contributed by atoms with E-state index in [1.165, 1.54) is 64.2 Å². The van der Waals surface area contributed by atoms with Crippen LogP contribution in [-0.4, -0.2) is 20.8 Å². The van der Waals surface area contributed by atoms with Crippen molar-refractivity contribution in [3.63, 3.8) is 0 Å². The highest BCUT2D eigenvalue weighted by molar-refractivity contribution is 7.99. The average Bonchev–Trinajstić information content (AvgIpc) is 2.83. The molecule has 1 heterocycles. The minimum atomic E-state index is 0.316. The van der Waals surface area contributed by atoms with Gasteiger partial charge in [0, 0.05) is 30.7 Å². The third kappa shape index (κ3) is 5.13. The van der Waals surface area contributed by atoms with E-state index in [0.717, 1.165) is 5.16 Å². The number of nitrogens with two attached hydrogens (primary N) is 1. The van der Waals surface area contributed by atoms with E-state index in [4.69, 9.17) is 5.73 Å². The summed E-state index contributed by atoms with van der Waals surface area (Å²) in [4.78, 5) is 4.44. The SMILES string of the molecule is Cn1ccnc1SC1CCCCCCCCCCC1N. The first-order chi connectivity index (χ1) is 9.77. The summed E-state index contributed by atoms with van der Waals surface area (Å²) in [5, 5.41) is 1.63. The summed E-state index contributed by atoms with van der Waals surface area (Å²) in [6.07, 6.45) is 17.3. The Labute approximate surface area is 127 Å². The zero-order valence-electron chi connectivity index (χ0n) is 12.8. The molecule has 1 aliphatic rings. The minimum Gasteiger partial charge on any atom is -0.329 e. The second-order valence-electron chi connectivity index (χ2n) is 6.05. The molecule has 2 unspecified atom stereocenters. The lowest BCUT2D eigenvalue weighted by atomic mass is 9.98. The van der Waals surface area contributed by atoms with Crippen molar-refractivity contribution in [2.24, 2.45) is 12.8 Å². The van der Waals surface area contributed by atoms with Crippen LogP contribution in [0, 0.1) is 0 Å². The summed E-state index contributed by atoms with van der Waals surface area (Å²) in [6.45, 7) is 0. The summed E-state index contributed by atoms with van der Waals surface area (Å²) in [5.74, 6) is 0. The molecule has 0 saturated heterocycles. The molecule has 0 amide bonds. The Bertz CT molecular complexity index is 378. The summed E-state index contributed by atoms with van der Waals surface area (Å²) in [6, 6.07) is 0.316. The van der Waals surface area contributed by atoms with E-state index in [0.29, 0.717) is 11.3 Å². The number of imidazole rings is 1. The summed E-state index contributed by atoms with van der Waals surface area (Å²) in [7, 11) is 2.07. The van der Waals surface area contributed by atoms with Gasteiger partial charge in [0.1, 0.15) is 0 Å². The normalized spacial score (nSPS) is 26.7. The van der Waals surface area contributed by atoms with Crippen molar-refractivity contribution in [3.05, 3.63) is 12.4 Å². The Balaban J connectivity index is 1.92. The Kier molecular flexibility index (Phi) is 6.94. The van der Waals surface area contributed by atoms with E-state index in [-0.39, 0.29) is 0 Å². The number of thioether (sulfide) groups is 1. The molecular weight excluding hydrogens is 266 g/mol. The maximum absolute atomic E-state index is 6.47. The standard InChI is InChI=1S/C16H29N3S/c1-19-13-12-18-16(19)20-15-11-9-7-5-3-2-4-6-8-10-14(15)17/h12-15H,2-11,17H2,1H3. The smallest absolute Gasteiger partial charge is 0.167 e. The Morgan fingerprint density at radius 1 is 1.05 bits per heavy atom. The summed E-state index contributed by atoms with van der Waals surface area (Å²) >= 11 is 1.88. The van der Waals surface area contributed by atoms with Crippen LogP contribution in [0.15, 0.2) is 17.6 Å². The fourth-order valence-electron chi connectivity index (χ4n) is 2.93. The first kappa shape index (κ1) is 15.9. The van der Waals surface area contributed by atoms with Crippen LogP contribution in [0.25, 0.3) is 0 Å². The van der Waals surface area contributed by atoms with Gasteiger partial charge in [-0.3, -0.25) is 0 Å².